The second-order valence-electron chi connectivity index (χ2n) is 5.84. The Morgan fingerprint density at radius 3 is 2.29 bits per heavy atom. The van der Waals surface area contributed by atoms with Crippen molar-refractivity contribution in [3.8, 4) is 0 Å². The van der Waals surface area contributed by atoms with E-state index in [-0.39, 0.29) is 0 Å². The van der Waals surface area contributed by atoms with Gasteiger partial charge in [-0.15, -0.1) is 0 Å². The fourth-order valence-electron chi connectivity index (χ4n) is 2.94. The minimum absolute atomic E-state index is 0.328. The topological polar surface area (TPSA) is 51.0 Å². The van der Waals surface area contributed by atoms with Gasteiger partial charge in [-0.2, -0.15) is 0 Å². The van der Waals surface area contributed by atoms with E-state index in [4.69, 9.17) is 4.74 Å². The van der Waals surface area contributed by atoms with E-state index in [2.05, 4.69) is 29.2 Å². The van der Waals surface area contributed by atoms with Gasteiger partial charge in [-0.3, -0.25) is 0 Å². The van der Waals surface area contributed by atoms with Crippen LogP contribution >= 0.6 is 0 Å². The van der Waals surface area contributed by atoms with Gasteiger partial charge in [-0.25, -0.2) is 8.42 Å². The molecule has 3 rings (SSSR count). The average Bonchev–Trinajstić information content (AvgIpc) is 2.51. The van der Waals surface area contributed by atoms with Crippen LogP contribution < -0.4 is 9.80 Å². The van der Waals surface area contributed by atoms with Crippen LogP contribution in [0.5, 0.6) is 0 Å². The molecule has 2 aliphatic rings. The van der Waals surface area contributed by atoms with Crippen molar-refractivity contribution in [1.82, 2.24) is 0 Å². The number of sulfone groups is 1. The van der Waals surface area contributed by atoms with E-state index < -0.39 is 9.84 Å². The first-order valence-corrected chi connectivity index (χ1v) is 9.40. The minimum Gasteiger partial charge on any atom is -0.378 e. The van der Waals surface area contributed by atoms with Gasteiger partial charge < -0.3 is 14.5 Å². The molecule has 1 aromatic rings. The molecular weight excluding hydrogens is 288 g/mol. The van der Waals surface area contributed by atoms with Crippen molar-refractivity contribution in [3.63, 3.8) is 0 Å². The van der Waals surface area contributed by atoms with Crippen molar-refractivity contribution in [2.75, 3.05) is 55.8 Å². The van der Waals surface area contributed by atoms with Gasteiger partial charge in [0.15, 0.2) is 9.84 Å². The van der Waals surface area contributed by atoms with Crippen LogP contribution in [0.2, 0.25) is 0 Å². The highest BCUT2D eigenvalue weighted by Gasteiger charge is 2.24. The zero-order valence-corrected chi connectivity index (χ0v) is 13.1. The molecule has 0 bridgehead atoms. The summed E-state index contributed by atoms with van der Waals surface area (Å²) in [6.07, 6.45) is 0. The van der Waals surface area contributed by atoms with Crippen LogP contribution in [-0.2, 0) is 21.1 Å². The Morgan fingerprint density at radius 2 is 1.67 bits per heavy atom. The quantitative estimate of drug-likeness (QED) is 0.805. The lowest BCUT2D eigenvalue weighted by Gasteiger charge is -2.29. The number of benzene rings is 1. The maximum atomic E-state index is 11.4. The van der Waals surface area contributed by atoms with Crippen molar-refractivity contribution in [3.05, 3.63) is 29.8 Å². The molecule has 0 spiro atoms. The summed E-state index contributed by atoms with van der Waals surface area (Å²) in [5.41, 5.74) is 2.53. The Kier molecular flexibility index (Phi) is 4.47. The Morgan fingerprint density at radius 1 is 1.05 bits per heavy atom. The van der Waals surface area contributed by atoms with Crippen LogP contribution in [0.1, 0.15) is 5.56 Å². The molecule has 2 saturated heterocycles. The predicted octanol–water partition coefficient (Wildman–Crippen LogP) is -0.663. The molecule has 0 aliphatic carbocycles. The van der Waals surface area contributed by atoms with Crippen LogP contribution in [0, 0.1) is 0 Å². The second-order valence-corrected chi connectivity index (χ2v) is 8.15. The fraction of sp³-hybridized carbons (Fsp3) is 0.600. The molecule has 2 fully saturated rings. The van der Waals surface area contributed by atoms with Gasteiger partial charge in [0.25, 0.3) is 0 Å². The zero-order chi connectivity index (χ0) is 14.7. The fourth-order valence-corrected chi connectivity index (χ4v) is 4.34. The molecule has 2 heterocycles. The molecule has 6 heteroatoms. The van der Waals surface area contributed by atoms with Crippen molar-refractivity contribution >= 4 is 15.5 Å². The van der Waals surface area contributed by atoms with Crippen molar-refractivity contribution in [1.29, 1.82) is 0 Å². The number of nitrogens with zero attached hydrogens (tertiary/aromatic N) is 1. The molecule has 2 aliphatic heterocycles. The third-order valence-corrected chi connectivity index (χ3v) is 5.95. The summed E-state index contributed by atoms with van der Waals surface area (Å²) in [7, 11) is -2.77. The predicted molar refractivity (Wildman–Crippen MR) is 82.5 cm³/mol. The van der Waals surface area contributed by atoms with Crippen molar-refractivity contribution in [2.45, 2.75) is 6.54 Å². The number of ether oxygens (including phenoxy) is 1. The van der Waals surface area contributed by atoms with E-state index in [0.717, 1.165) is 45.9 Å². The van der Waals surface area contributed by atoms with Gasteiger partial charge in [0.1, 0.15) is 6.54 Å². The summed E-state index contributed by atoms with van der Waals surface area (Å²) in [5.74, 6) is 0.655. The second kappa shape index (κ2) is 6.34. The van der Waals surface area contributed by atoms with Crippen LogP contribution in [-0.4, -0.2) is 59.3 Å². The Hall–Kier alpha value is -1.11. The smallest absolute Gasteiger partial charge is 0.161 e. The number of hydrogen-bond donors (Lipinski definition) is 1. The van der Waals surface area contributed by atoms with Gasteiger partial charge in [0, 0.05) is 24.3 Å². The summed E-state index contributed by atoms with van der Waals surface area (Å²) < 4.78 is 28.2. The van der Waals surface area contributed by atoms with Gasteiger partial charge in [0.05, 0.1) is 37.8 Å². The summed E-state index contributed by atoms with van der Waals surface area (Å²) in [4.78, 5) is 3.71. The third kappa shape index (κ3) is 3.96. The van der Waals surface area contributed by atoms with Crippen molar-refractivity contribution < 1.29 is 18.1 Å². The van der Waals surface area contributed by atoms with Gasteiger partial charge in [-0.05, 0) is 12.1 Å². The zero-order valence-electron chi connectivity index (χ0n) is 12.3. The first-order chi connectivity index (χ1) is 10.1. The summed E-state index contributed by atoms with van der Waals surface area (Å²) in [5, 5.41) is 0. The monoisotopic (exact) mass is 311 g/mol. The Labute approximate surface area is 126 Å². The number of rotatable bonds is 3. The Balaban J connectivity index is 1.57. The van der Waals surface area contributed by atoms with Crippen molar-refractivity contribution in [2.24, 2.45) is 0 Å². The third-order valence-electron chi connectivity index (χ3n) is 4.30. The molecule has 21 heavy (non-hydrogen) atoms. The first-order valence-electron chi connectivity index (χ1n) is 7.58. The van der Waals surface area contributed by atoms with Gasteiger partial charge in [-0.1, -0.05) is 12.1 Å². The molecule has 0 amide bonds. The minimum atomic E-state index is -2.77. The molecule has 0 radical (unpaired) electrons. The molecule has 0 aromatic heterocycles. The van der Waals surface area contributed by atoms with E-state index in [1.807, 2.05) is 0 Å². The van der Waals surface area contributed by atoms with Gasteiger partial charge >= 0.3 is 0 Å². The molecule has 0 atom stereocenters. The number of anilines is 1. The summed E-state index contributed by atoms with van der Waals surface area (Å²) in [6, 6.07) is 8.67. The van der Waals surface area contributed by atoms with E-state index in [1.165, 1.54) is 16.2 Å². The largest absolute Gasteiger partial charge is 0.378 e. The standard InChI is InChI=1S/C15H22N2O3S/c18-21(19)11-7-16(8-12-21)13-14-1-3-15(4-2-14)17-5-9-20-10-6-17/h1-4H,5-13H2/p+1. The molecule has 116 valence electrons. The molecule has 0 unspecified atom stereocenters. The lowest BCUT2D eigenvalue weighted by molar-refractivity contribution is -0.910. The average molecular weight is 311 g/mol. The van der Waals surface area contributed by atoms with Crippen LogP contribution in [0.4, 0.5) is 5.69 Å². The lowest BCUT2D eigenvalue weighted by Crippen LogP contribution is -3.13. The van der Waals surface area contributed by atoms with E-state index in [1.54, 1.807) is 0 Å². The van der Waals surface area contributed by atoms with Gasteiger partial charge in [0.2, 0.25) is 0 Å². The highest BCUT2D eigenvalue weighted by atomic mass is 32.2. The maximum Gasteiger partial charge on any atom is 0.161 e. The summed E-state index contributed by atoms with van der Waals surface area (Å²) in [6.45, 7) is 5.88. The number of hydrogen-bond acceptors (Lipinski definition) is 4. The maximum absolute atomic E-state index is 11.4. The summed E-state index contributed by atoms with van der Waals surface area (Å²) >= 11 is 0. The number of quaternary nitrogens is 1. The van der Waals surface area contributed by atoms with Crippen LogP contribution in [0.25, 0.3) is 0 Å². The van der Waals surface area contributed by atoms with E-state index >= 15 is 0 Å². The molecule has 5 nitrogen and oxygen atoms in total. The number of morpholine rings is 1. The van der Waals surface area contributed by atoms with Crippen LogP contribution in [0.15, 0.2) is 24.3 Å². The normalized spacial score (nSPS) is 23.1. The number of nitrogens with one attached hydrogen (secondary N) is 1. The first kappa shape index (κ1) is 14.8. The lowest BCUT2D eigenvalue weighted by atomic mass is 10.1. The SMILES string of the molecule is O=S1(=O)CC[NH+](Cc2ccc(N3CCOCC3)cc2)CC1. The Bertz CT molecular complexity index is 551. The molecular formula is C15H23N2O3S+. The highest BCUT2D eigenvalue weighted by molar-refractivity contribution is 7.91. The molecule has 1 N–H and O–H groups in total. The van der Waals surface area contributed by atoms with Crippen LogP contribution in [0.3, 0.4) is 0 Å². The van der Waals surface area contributed by atoms with E-state index in [0.29, 0.717) is 11.5 Å². The molecule has 1 aromatic carbocycles. The molecule has 0 saturated carbocycles. The highest BCUT2D eigenvalue weighted by Crippen LogP contribution is 2.16. The van der Waals surface area contributed by atoms with E-state index in [9.17, 15) is 8.42 Å².